The van der Waals surface area contributed by atoms with Crippen molar-refractivity contribution in [3.8, 4) is 5.75 Å². The third kappa shape index (κ3) is 8.05. The van der Waals surface area contributed by atoms with Gasteiger partial charge in [0, 0.05) is 22.1 Å². The van der Waals surface area contributed by atoms with Gasteiger partial charge in [0.25, 0.3) is 11.8 Å². The summed E-state index contributed by atoms with van der Waals surface area (Å²) in [5, 5.41) is 2.78. The van der Waals surface area contributed by atoms with Crippen LogP contribution in [0.2, 0.25) is 0 Å². The number of carbonyl (C=O) groups excluding carboxylic acids is 3. The number of carbonyl (C=O) groups is 3. The number of hydrogen-bond donors (Lipinski definition) is 3. The van der Waals surface area contributed by atoms with Crippen molar-refractivity contribution in [2.45, 2.75) is 34.1 Å². The molecule has 31 heavy (non-hydrogen) atoms. The fourth-order valence-electron chi connectivity index (χ4n) is 2.60. The van der Waals surface area contributed by atoms with E-state index < -0.39 is 11.8 Å². The number of anilines is 1. The Bertz CT molecular complexity index is 927. The Morgan fingerprint density at radius 2 is 1.55 bits per heavy atom. The van der Waals surface area contributed by atoms with Crippen molar-refractivity contribution in [2.24, 2.45) is 11.8 Å². The quantitative estimate of drug-likeness (QED) is 0.474. The molecule has 0 atom stereocenters. The molecule has 2 rings (SSSR count). The lowest BCUT2D eigenvalue weighted by Gasteiger charge is -2.14. The van der Waals surface area contributed by atoms with Gasteiger partial charge in [-0.25, -0.2) is 0 Å². The van der Waals surface area contributed by atoms with Gasteiger partial charge in [0.1, 0.15) is 5.75 Å². The predicted molar refractivity (Wildman–Crippen MR) is 124 cm³/mol. The summed E-state index contributed by atoms with van der Waals surface area (Å²) in [5.74, 6) is -0.0549. The van der Waals surface area contributed by atoms with Crippen molar-refractivity contribution >= 4 is 39.3 Å². The number of ether oxygens (including phenoxy) is 1. The van der Waals surface area contributed by atoms with Crippen molar-refractivity contribution in [3.05, 3.63) is 58.1 Å². The van der Waals surface area contributed by atoms with E-state index in [0.717, 1.165) is 4.47 Å². The molecule has 0 heterocycles. The first-order valence-electron chi connectivity index (χ1n) is 10.1. The second kappa shape index (κ2) is 11.5. The van der Waals surface area contributed by atoms with E-state index in [1.165, 1.54) is 0 Å². The fourth-order valence-corrected chi connectivity index (χ4v) is 2.96. The number of nitrogens with one attached hydrogen (secondary N) is 3. The Hall–Kier alpha value is -2.87. The molecule has 166 valence electrons. The average Bonchev–Trinajstić information content (AvgIpc) is 2.70. The van der Waals surface area contributed by atoms with Crippen molar-refractivity contribution in [1.82, 2.24) is 10.9 Å². The molecular weight excluding hydrogens is 462 g/mol. The number of benzene rings is 2. The average molecular weight is 490 g/mol. The molecule has 0 aliphatic rings. The Morgan fingerprint density at radius 1 is 0.903 bits per heavy atom. The molecule has 3 amide bonds. The van der Waals surface area contributed by atoms with Gasteiger partial charge in [-0.15, -0.1) is 0 Å². The lowest BCUT2D eigenvalue weighted by Crippen LogP contribution is -2.41. The molecule has 0 bridgehead atoms. The smallest absolute Gasteiger partial charge is 0.273 e. The van der Waals surface area contributed by atoms with Crippen molar-refractivity contribution < 1.29 is 19.1 Å². The summed E-state index contributed by atoms with van der Waals surface area (Å²) < 4.78 is 6.42. The van der Waals surface area contributed by atoms with E-state index in [2.05, 4.69) is 32.1 Å². The van der Waals surface area contributed by atoms with E-state index in [-0.39, 0.29) is 11.8 Å². The van der Waals surface area contributed by atoms with E-state index in [1.807, 2.05) is 27.7 Å². The Labute approximate surface area is 191 Å². The molecule has 0 spiro atoms. The van der Waals surface area contributed by atoms with Gasteiger partial charge in [0.2, 0.25) is 5.91 Å². The standard InChI is InChI=1S/C23H28BrN3O4/c1-14(2)11-21(28)25-18-8-5-16(6-9-18)22(29)26-27-23(30)19-12-17(24)7-10-20(19)31-13-15(3)4/h5-10,12,14-15H,11,13H2,1-4H3,(H,25,28)(H,26,29)(H,27,30). The molecule has 2 aromatic rings. The van der Waals surface area contributed by atoms with Crippen LogP contribution in [0.15, 0.2) is 46.9 Å². The van der Waals surface area contributed by atoms with Crippen molar-refractivity contribution in [2.75, 3.05) is 11.9 Å². The monoisotopic (exact) mass is 489 g/mol. The SMILES string of the molecule is CC(C)COc1ccc(Br)cc1C(=O)NNC(=O)c1ccc(NC(=O)CC(C)C)cc1. The second-order valence-electron chi connectivity index (χ2n) is 7.98. The van der Waals surface area contributed by atoms with Gasteiger partial charge in [-0.2, -0.15) is 0 Å². The second-order valence-corrected chi connectivity index (χ2v) is 8.89. The van der Waals surface area contributed by atoms with Gasteiger partial charge in [-0.05, 0) is 54.3 Å². The van der Waals surface area contributed by atoms with Crippen LogP contribution in [0.1, 0.15) is 54.8 Å². The third-order valence-electron chi connectivity index (χ3n) is 4.07. The highest BCUT2D eigenvalue weighted by atomic mass is 79.9. The van der Waals surface area contributed by atoms with Gasteiger partial charge in [0.05, 0.1) is 12.2 Å². The highest BCUT2D eigenvalue weighted by Crippen LogP contribution is 2.23. The van der Waals surface area contributed by atoms with Crippen LogP contribution in [0.3, 0.4) is 0 Å². The molecule has 0 aliphatic carbocycles. The fraction of sp³-hybridized carbons (Fsp3) is 0.348. The number of hydrogen-bond acceptors (Lipinski definition) is 4. The predicted octanol–water partition coefficient (Wildman–Crippen LogP) is 4.54. The van der Waals surface area contributed by atoms with Crippen LogP contribution in [0.5, 0.6) is 5.75 Å². The highest BCUT2D eigenvalue weighted by Gasteiger charge is 2.15. The minimum Gasteiger partial charge on any atom is -0.492 e. The molecule has 0 unspecified atom stereocenters. The first kappa shape index (κ1) is 24.4. The number of rotatable bonds is 8. The first-order chi connectivity index (χ1) is 14.7. The molecular formula is C23H28BrN3O4. The van der Waals surface area contributed by atoms with E-state index >= 15 is 0 Å². The summed E-state index contributed by atoms with van der Waals surface area (Å²) in [4.78, 5) is 36.8. The minimum absolute atomic E-state index is 0.0797. The molecule has 0 fully saturated rings. The van der Waals surface area contributed by atoms with Crippen LogP contribution in [0.25, 0.3) is 0 Å². The Morgan fingerprint density at radius 3 is 2.16 bits per heavy atom. The molecule has 2 aromatic carbocycles. The molecule has 7 nitrogen and oxygen atoms in total. The van der Waals surface area contributed by atoms with E-state index in [1.54, 1.807) is 42.5 Å². The molecule has 0 aliphatic heterocycles. The summed E-state index contributed by atoms with van der Waals surface area (Å²) >= 11 is 3.35. The number of halogens is 1. The number of hydrazine groups is 1. The summed E-state index contributed by atoms with van der Waals surface area (Å²) in [6, 6.07) is 11.5. The first-order valence-corrected chi connectivity index (χ1v) is 10.9. The van der Waals surface area contributed by atoms with E-state index in [4.69, 9.17) is 4.74 Å². The molecule has 0 saturated heterocycles. The van der Waals surface area contributed by atoms with Gasteiger partial charge in [0.15, 0.2) is 0 Å². The molecule has 0 saturated carbocycles. The van der Waals surface area contributed by atoms with Gasteiger partial charge in [-0.1, -0.05) is 43.6 Å². The lowest BCUT2D eigenvalue weighted by molar-refractivity contribution is -0.116. The Kier molecular flexibility index (Phi) is 9.05. The van der Waals surface area contributed by atoms with Crippen LogP contribution < -0.4 is 20.9 Å². The van der Waals surface area contributed by atoms with E-state index in [9.17, 15) is 14.4 Å². The van der Waals surface area contributed by atoms with Crippen LogP contribution in [-0.4, -0.2) is 24.3 Å². The molecule has 0 aromatic heterocycles. The third-order valence-corrected chi connectivity index (χ3v) is 4.57. The minimum atomic E-state index is -0.494. The van der Waals surface area contributed by atoms with Crippen LogP contribution in [0, 0.1) is 11.8 Å². The van der Waals surface area contributed by atoms with E-state index in [0.29, 0.717) is 41.5 Å². The normalized spacial score (nSPS) is 10.7. The summed E-state index contributed by atoms with van der Waals surface area (Å²) in [5.41, 5.74) is 6.06. The summed E-state index contributed by atoms with van der Waals surface area (Å²) in [6.07, 6.45) is 0.423. The molecule has 0 radical (unpaired) electrons. The Balaban J connectivity index is 1.97. The topological polar surface area (TPSA) is 96.5 Å². The highest BCUT2D eigenvalue weighted by molar-refractivity contribution is 9.10. The largest absolute Gasteiger partial charge is 0.492 e. The summed E-state index contributed by atoms with van der Waals surface area (Å²) in [6.45, 7) is 8.43. The maximum absolute atomic E-state index is 12.6. The maximum Gasteiger partial charge on any atom is 0.273 e. The zero-order valence-electron chi connectivity index (χ0n) is 18.1. The van der Waals surface area contributed by atoms with Gasteiger partial charge in [-0.3, -0.25) is 25.2 Å². The van der Waals surface area contributed by atoms with Crippen LogP contribution in [-0.2, 0) is 4.79 Å². The zero-order chi connectivity index (χ0) is 23.0. The van der Waals surface area contributed by atoms with Crippen molar-refractivity contribution in [3.63, 3.8) is 0 Å². The molecule has 3 N–H and O–H groups in total. The lowest BCUT2D eigenvalue weighted by atomic mass is 10.1. The maximum atomic E-state index is 12.6. The number of amides is 3. The van der Waals surface area contributed by atoms with Crippen molar-refractivity contribution in [1.29, 1.82) is 0 Å². The zero-order valence-corrected chi connectivity index (χ0v) is 19.7. The molecule has 8 heteroatoms. The van der Waals surface area contributed by atoms with Gasteiger partial charge < -0.3 is 10.1 Å². The van der Waals surface area contributed by atoms with Gasteiger partial charge >= 0.3 is 0 Å². The van der Waals surface area contributed by atoms with Crippen LogP contribution >= 0.6 is 15.9 Å². The summed E-state index contributed by atoms with van der Waals surface area (Å²) in [7, 11) is 0. The van der Waals surface area contributed by atoms with Crippen LogP contribution in [0.4, 0.5) is 5.69 Å².